The van der Waals surface area contributed by atoms with E-state index < -0.39 is 0 Å². The van der Waals surface area contributed by atoms with E-state index in [1.165, 1.54) is 6.07 Å². The second-order valence-corrected chi connectivity index (χ2v) is 3.28. The van der Waals surface area contributed by atoms with Crippen molar-refractivity contribution in [2.24, 2.45) is 0 Å². The molecule has 0 saturated carbocycles. The topological polar surface area (TPSA) is 25.4 Å². The molecule has 0 atom stereocenters. The largest absolute Gasteiger partial charge is 0.472 e. The Morgan fingerprint density at radius 2 is 2.31 bits per heavy atom. The molecule has 0 N–H and O–H groups in total. The first-order valence-electron chi connectivity index (χ1n) is 4.21. The van der Waals surface area contributed by atoms with Crippen LogP contribution in [-0.2, 0) is 0 Å². The predicted octanol–water partition coefficient (Wildman–Crippen LogP) is 0.913. The summed E-state index contributed by atoms with van der Waals surface area (Å²) in [6.45, 7) is 1.83. The van der Waals surface area contributed by atoms with Gasteiger partial charge in [0.1, 0.15) is 11.9 Å². The molecule has 0 radical (unpaired) electrons. The van der Waals surface area contributed by atoms with Crippen LogP contribution in [0.4, 0.5) is 4.39 Å². The fourth-order valence-corrected chi connectivity index (χ4v) is 1.32. The summed E-state index contributed by atoms with van der Waals surface area (Å²) in [5.41, 5.74) is 0. The van der Waals surface area contributed by atoms with E-state index >= 15 is 0 Å². The van der Waals surface area contributed by atoms with Gasteiger partial charge in [-0.25, -0.2) is 9.37 Å². The van der Waals surface area contributed by atoms with E-state index in [1.807, 2.05) is 7.05 Å². The minimum atomic E-state index is -0.335. The average Bonchev–Trinajstić information content (AvgIpc) is 2.06. The zero-order valence-corrected chi connectivity index (χ0v) is 7.40. The second kappa shape index (κ2) is 3.30. The zero-order valence-electron chi connectivity index (χ0n) is 7.40. The van der Waals surface area contributed by atoms with Gasteiger partial charge in [-0.1, -0.05) is 0 Å². The molecule has 70 valence electrons. The molecule has 1 saturated heterocycles. The summed E-state index contributed by atoms with van der Waals surface area (Å²) in [4.78, 5) is 5.96. The van der Waals surface area contributed by atoms with Gasteiger partial charge in [-0.05, 0) is 13.1 Å². The first-order chi connectivity index (χ1) is 6.24. The Bertz CT molecular complexity index is 282. The number of likely N-dealkylation sites (tertiary alicyclic amines) is 1. The van der Waals surface area contributed by atoms with Crippen LogP contribution in [0, 0.1) is 5.82 Å². The van der Waals surface area contributed by atoms with Crippen molar-refractivity contribution in [2.45, 2.75) is 6.10 Å². The molecule has 2 rings (SSSR count). The lowest BCUT2D eigenvalue weighted by molar-refractivity contribution is 0.0355. The summed E-state index contributed by atoms with van der Waals surface area (Å²) in [6.07, 6.45) is 1.38. The normalized spacial score (nSPS) is 18.3. The third-order valence-electron chi connectivity index (χ3n) is 2.02. The van der Waals surface area contributed by atoms with Gasteiger partial charge in [0.05, 0.1) is 6.20 Å². The Hall–Kier alpha value is -1.16. The number of aromatic nitrogens is 1. The molecule has 13 heavy (non-hydrogen) atoms. The summed E-state index contributed by atoms with van der Waals surface area (Å²) >= 11 is 0. The molecular formula is C9H11FN2O. The molecule has 0 aromatic carbocycles. The quantitative estimate of drug-likeness (QED) is 0.680. The van der Waals surface area contributed by atoms with Gasteiger partial charge >= 0.3 is 0 Å². The Balaban J connectivity index is 1.91. The van der Waals surface area contributed by atoms with Gasteiger partial charge in [0, 0.05) is 19.2 Å². The molecule has 0 bridgehead atoms. The molecule has 4 heteroatoms. The van der Waals surface area contributed by atoms with Crippen molar-refractivity contribution in [2.75, 3.05) is 20.1 Å². The lowest BCUT2D eigenvalue weighted by Crippen LogP contribution is -2.51. The molecule has 2 heterocycles. The lowest BCUT2D eigenvalue weighted by Gasteiger charge is -2.35. The summed E-state index contributed by atoms with van der Waals surface area (Å²) in [7, 11) is 2.03. The first-order valence-corrected chi connectivity index (χ1v) is 4.21. The van der Waals surface area contributed by atoms with Crippen LogP contribution in [0.25, 0.3) is 0 Å². The molecule has 1 aliphatic heterocycles. The molecular weight excluding hydrogens is 171 g/mol. The number of halogens is 1. The van der Waals surface area contributed by atoms with Crippen LogP contribution in [0.1, 0.15) is 0 Å². The van der Waals surface area contributed by atoms with E-state index in [1.54, 1.807) is 6.07 Å². The summed E-state index contributed by atoms with van der Waals surface area (Å²) in [5, 5.41) is 0. The van der Waals surface area contributed by atoms with Crippen LogP contribution in [0.2, 0.25) is 0 Å². The number of hydrogen-bond acceptors (Lipinski definition) is 3. The first kappa shape index (κ1) is 8.44. The molecule has 1 aliphatic rings. The predicted molar refractivity (Wildman–Crippen MR) is 46.1 cm³/mol. The third kappa shape index (κ3) is 1.95. The van der Waals surface area contributed by atoms with Crippen molar-refractivity contribution >= 4 is 0 Å². The number of nitrogens with zero attached hydrogens (tertiary/aromatic N) is 2. The summed E-state index contributed by atoms with van der Waals surface area (Å²) < 4.78 is 17.9. The van der Waals surface area contributed by atoms with E-state index in [0.717, 1.165) is 19.3 Å². The summed E-state index contributed by atoms with van der Waals surface area (Å²) in [6, 6.07) is 2.90. The highest BCUT2D eigenvalue weighted by atomic mass is 19.1. The van der Waals surface area contributed by atoms with Crippen LogP contribution in [0.15, 0.2) is 18.3 Å². The molecule has 1 fully saturated rings. The molecule has 0 aliphatic carbocycles. The maximum atomic E-state index is 12.5. The van der Waals surface area contributed by atoms with E-state index in [-0.39, 0.29) is 11.9 Å². The lowest BCUT2D eigenvalue weighted by atomic mass is 10.2. The Morgan fingerprint density at radius 3 is 2.85 bits per heavy atom. The van der Waals surface area contributed by atoms with Crippen molar-refractivity contribution in [1.29, 1.82) is 0 Å². The third-order valence-corrected chi connectivity index (χ3v) is 2.02. The van der Waals surface area contributed by atoms with Crippen molar-refractivity contribution in [3.63, 3.8) is 0 Å². The van der Waals surface area contributed by atoms with E-state index in [0.29, 0.717) is 5.88 Å². The Labute approximate surface area is 76.1 Å². The molecule has 3 nitrogen and oxygen atoms in total. The average molecular weight is 182 g/mol. The number of likely N-dealkylation sites (N-methyl/N-ethyl adjacent to an activating group) is 1. The summed E-state index contributed by atoms with van der Waals surface area (Å²) in [5.74, 6) is 0.164. The van der Waals surface area contributed by atoms with E-state index in [2.05, 4.69) is 9.88 Å². The van der Waals surface area contributed by atoms with Crippen LogP contribution in [-0.4, -0.2) is 36.1 Å². The highest BCUT2D eigenvalue weighted by molar-refractivity contribution is 5.11. The van der Waals surface area contributed by atoms with Gasteiger partial charge in [0.15, 0.2) is 0 Å². The standard InChI is InChI=1S/C9H11FN2O/c1-12-5-8(6-12)13-9-3-2-7(10)4-11-9/h2-4,8H,5-6H2,1H3. The van der Waals surface area contributed by atoms with Crippen LogP contribution < -0.4 is 4.74 Å². The minimum absolute atomic E-state index is 0.211. The van der Waals surface area contributed by atoms with Crippen molar-refractivity contribution in [3.8, 4) is 5.88 Å². The van der Waals surface area contributed by atoms with Crippen molar-refractivity contribution in [1.82, 2.24) is 9.88 Å². The SMILES string of the molecule is CN1CC(Oc2ccc(F)cn2)C1. The number of rotatable bonds is 2. The smallest absolute Gasteiger partial charge is 0.213 e. The minimum Gasteiger partial charge on any atom is -0.472 e. The molecule has 0 amide bonds. The molecule has 1 aromatic rings. The van der Waals surface area contributed by atoms with Gasteiger partial charge in [-0.3, -0.25) is 4.90 Å². The van der Waals surface area contributed by atoms with Gasteiger partial charge in [-0.2, -0.15) is 0 Å². The fourth-order valence-electron chi connectivity index (χ4n) is 1.32. The Kier molecular flexibility index (Phi) is 2.14. The zero-order chi connectivity index (χ0) is 9.26. The maximum Gasteiger partial charge on any atom is 0.213 e. The van der Waals surface area contributed by atoms with Crippen LogP contribution >= 0.6 is 0 Å². The van der Waals surface area contributed by atoms with Gasteiger partial charge in [0.2, 0.25) is 5.88 Å². The highest BCUT2D eigenvalue weighted by Crippen LogP contribution is 2.14. The van der Waals surface area contributed by atoms with E-state index in [4.69, 9.17) is 4.74 Å². The van der Waals surface area contributed by atoms with Gasteiger partial charge < -0.3 is 4.74 Å². The molecule has 0 spiro atoms. The fraction of sp³-hybridized carbons (Fsp3) is 0.444. The Morgan fingerprint density at radius 1 is 1.54 bits per heavy atom. The highest BCUT2D eigenvalue weighted by Gasteiger charge is 2.24. The number of pyridine rings is 1. The number of hydrogen-bond donors (Lipinski definition) is 0. The molecule has 1 aromatic heterocycles. The van der Waals surface area contributed by atoms with Crippen LogP contribution in [0.3, 0.4) is 0 Å². The van der Waals surface area contributed by atoms with Gasteiger partial charge in [-0.15, -0.1) is 0 Å². The van der Waals surface area contributed by atoms with Crippen LogP contribution in [0.5, 0.6) is 5.88 Å². The van der Waals surface area contributed by atoms with Crippen molar-refractivity contribution < 1.29 is 9.13 Å². The monoisotopic (exact) mass is 182 g/mol. The van der Waals surface area contributed by atoms with E-state index in [9.17, 15) is 4.39 Å². The molecule has 0 unspecified atom stereocenters. The van der Waals surface area contributed by atoms with Gasteiger partial charge in [0.25, 0.3) is 0 Å². The number of ether oxygens (including phenoxy) is 1. The maximum absolute atomic E-state index is 12.5. The second-order valence-electron chi connectivity index (χ2n) is 3.28. The van der Waals surface area contributed by atoms with Crippen molar-refractivity contribution in [3.05, 3.63) is 24.1 Å².